The lowest BCUT2D eigenvalue weighted by molar-refractivity contribution is 0.0823. The van der Waals surface area contributed by atoms with E-state index in [1.54, 1.807) is 6.33 Å². The highest BCUT2D eigenvalue weighted by Gasteiger charge is 2.19. The van der Waals surface area contributed by atoms with E-state index in [-0.39, 0.29) is 6.04 Å². The highest BCUT2D eigenvalue weighted by atomic mass is 16.5. The number of aromatic nitrogens is 3. The Hall–Kier alpha value is -1.72. The zero-order valence-electron chi connectivity index (χ0n) is 11.0. The molecule has 1 aromatic carbocycles. The molecule has 19 heavy (non-hydrogen) atoms. The number of hydrogen-bond donors (Lipinski definition) is 1. The maximum Gasteiger partial charge on any atom is 0.133 e. The van der Waals surface area contributed by atoms with Crippen molar-refractivity contribution in [3.63, 3.8) is 0 Å². The Morgan fingerprint density at radius 1 is 1.42 bits per heavy atom. The smallest absolute Gasteiger partial charge is 0.133 e. The van der Waals surface area contributed by atoms with E-state index >= 15 is 0 Å². The third-order valence-corrected chi connectivity index (χ3v) is 3.52. The summed E-state index contributed by atoms with van der Waals surface area (Å²) >= 11 is 0. The van der Waals surface area contributed by atoms with Gasteiger partial charge in [0.2, 0.25) is 0 Å². The Balaban J connectivity index is 1.61. The van der Waals surface area contributed by atoms with Crippen LogP contribution in [0.5, 0.6) is 0 Å². The Morgan fingerprint density at radius 3 is 3.16 bits per heavy atom. The van der Waals surface area contributed by atoms with Crippen molar-refractivity contribution < 1.29 is 4.74 Å². The van der Waals surface area contributed by atoms with Crippen LogP contribution in [0.3, 0.4) is 0 Å². The Labute approximate surface area is 112 Å². The van der Waals surface area contributed by atoms with E-state index in [9.17, 15) is 0 Å². The molecular weight excluding hydrogens is 240 g/mol. The van der Waals surface area contributed by atoms with Gasteiger partial charge >= 0.3 is 0 Å². The molecule has 2 heterocycles. The maximum atomic E-state index is 5.62. The first-order valence-electron chi connectivity index (χ1n) is 6.56. The fourth-order valence-corrected chi connectivity index (χ4v) is 2.44. The molecule has 100 valence electrons. The molecule has 0 bridgehead atoms. The number of aryl methyl sites for hydroxylation is 1. The number of nitrogens with zero attached hydrogens (tertiary/aromatic N) is 3. The van der Waals surface area contributed by atoms with Crippen molar-refractivity contribution in [1.29, 1.82) is 0 Å². The summed E-state index contributed by atoms with van der Waals surface area (Å²) in [6.07, 6.45) is 2.60. The average molecular weight is 258 g/mol. The van der Waals surface area contributed by atoms with Crippen molar-refractivity contribution in [2.45, 2.75) is 19.1 Å². The van der Waals surface area contributed by atoms with E-state index in [0.29, 0.717) is 0 Å². The van der Waals surface area contributed by atoms with Gasteiger partial charge < -0.3 is 14.6 Å². The fourth-order valence-electron chi connectivity index (χ4n) is 2.44. The quantitative estimate of drug-likeness (QED) is 0.896. The van der Waals surface area contributed by atoms with Crippen LogP contribution in [0.15, 0.2) is 30.6 Å². The van der Waals surface area contributed by atoms with Crippen molar-refractivity contribution in [3.8, 4) is 0 Å². The molecule has 0 radical (unpaired) electrons. The molecule has 1 aromatic heterocycles. The molecule has 2 aromatic rings. The van der Waals surface area contributed by atoms with Crippen LogP contribution >= 0.6 is 0 Å². The number of rotatable bonds is 4. The minimum absolute atomic E-state index is 0.276. The van der Waals surface area contributed by atoms with Gasteiger partial charge in [0.25, 0.3) is 0 Å². The second kappa shape index (κ2) is 5.50. The predicted molar refractivity (Wildman–Crippen MR) is 71.5 cm³/mol. The number of hydrogen-bond acceptors (Lipinski definition) is 4. The van der Waals surface area contributed by atoms with Gasteiger partial charge in [0.05, 0.1) is 19.3 Å². The summed E-state index contributed by atoms with van der Waals surface area (Å²) < 4.78 is 7.58. The van der Waals surface area contributed by atoms with E-state index in [0.717, 1.165) is 32.0 Å². The Kier molecular flexibility index (Phi) is 3.57. The molecule has 1 aliphatic rings. The second-order valence-corrected chi connectivity index (χ2v) is 4.83. The summed E-state index contributed by atoms with van der Waals surface area (Å²) in [7, 11) is 1.97. The Morgan fingerprint density at radius 2 is 2.32 bits per heavy atom. The Bertz CT molecular complexity index is 552. The van der Waals surface area contributed by atoms with Gasteiger partial charge in [-0.3, -0.25) is 0 Å². The monoisotopic (exact) mass is 258 g/mol. The van der Waals surface area contributed by atoms with Crippen LogP contribution in [-0.2, 0) is 24.8 Å². The van der Waals surface area contributed by atoms with Crippen molar-refractivity contribution in [3.05, 3.63) is 47.5 Å². The molecule has 0 amide bonds. The van der Waals surface area contributed by atoms with Crippen LogP contribution in [0.2, 0.25) is 0 Å². The summed E-state index contributed by atoms with van der Waals surface area (Å²) in [5.41, 5.74) is 2.64. The number of benzene rings is 1. The summed E-state index contributed by atoms with van der Waals surface area (Å²) in [6, 6.07) is 8.73. The molecule has 5 nitrogen and oxygen atoms in total. The first-order valence-corrected chi connectivity index (χ1v) is 6.56. The van der Waals surface area contributed by atoms with Crippen molar-refractivity contribution >= 4 is 0 Å². The molecule has 1 N–H and O–H groups in total. The summed E-state index contributed by atoms with van der Waals surface area (Å²) in [5.74, 6) is 0.998. The number of ether oxygens (including phenoxy) is 1. The van der Waals surface area contributed by atoms with Crippen molar-refractivity contribution in [2.75, 3.05) is 13.2 Å². The SMILES string of the molecule is Cn1cnnc1CCNC1COCc2ccccc21. The zero-order chi connectivity index (χ0) is 13.1. The van der Waals surface area contributed by atoms with Crippen LogP contribution in [0.4, 0.5) is 0 Å². The first kappa shape index (κ1) is 12.3. The van der Waals surface area contributed by atoms with Crippen LogP contribution in [-0.4, -0.2) is 27.9 Å². The fraction of sp³-hybridized carbons (Fsp3) is 0.429. The molecule has 0 saturated carbocycles. The van der Waals surface area contributed by atoms with Crippen LogP contribution < -0.4 is 5.32 Å². The van der Waals surface area contributed by atoms with Gasteiger partial charge in [-0.1, -0.05) is 24.3 Å². The van der Waals surface area contributed by atoms with Gasteiger partial charge in [-0.15, -0.1) is 10.2 Å². The molecule has 5 heteroatoms. The third-order valence-electron chi connectivity index (χ3n) is 3.52. The zero-order valence-corrected chi connectivity index (χ0v) is 11.0. The van der Waals surface area contributed by atoms with Gasteiger partial charge in [-0.2, -0.15) is 0 Å². The van der Waals surface area contributed by atoms with Crippen LogP contribution in [0, 0.1) is 0 Å². The predicted octanol–water partition coefficient (Wildman–Crippen LogP) is 1.22. The number of nitrogens with one attached hydrogen (secondary N) is 1. The molecule has 3 rings (SSSR count). The highest BCUT2D eigenvalue weighted by molar-refractivity contribution is 5.31. The minimum Gasteiger partial charge on any atom is -0.375 e. The lowest BCUT2D eigenvalue weighted by atomic mass is 9.99. The molecule has 0 aliphatic carbocycles. The largest absolute Gasteiger partial charge is 0.375 e. The van der Waals surface area contributed by atoms with E-state index in [4.69, 9.17) is 4.74 Å². The standard InChI is InChI=1S/C14H18N4O/c1-18-10-16-17-14(18)6-7-15-13-9-19-8-11-4-2-3-5-12(11)13/h2-5,10,13,15H,6-9H2,1H3. The molecule has 0 fully saturated rings. The van der Waals surface area contributed by atoms with Gasteiger partial charge in [0.1, 0.15) is 12.2 Å². The van der Waals surface area contributed by atoms with Crippen LogP contribution in [0.25, 0.3) is 0 Å². The van der Waals surface area contributed by atoms with Crippen molar-refractivity contribution in [1.82, 2.24) is 20.1 Å². The lowest BCUT2D eigenvalue weighted by Gasteiger charge is -2.26. The molecule has 1 aliphatic heterocycles. The van der Waals surface area contributed by atoms with E-state index in [2.05, 4.69) is 39.8 Å². The highest BCUT2D eigenvalue weighted by Crippen LogP contribution is 2.24. The van der Waals surface area contributed by atoms with E-state index < -0.39 is 0 Å². The number of fused-ring (bicyclic) bond motifs is 1. The molecule has 1 unspecified atom stereocenters. The summed E-state index contributed by atoms with van der Waals surface area (Å²) in [5, 5.41) is 11.5. The minimum atomic E-state index is 0.276. The lowest BCUT2D eigenvalue weighted by Crippen LogP contribution is -2.31. The molecule has 1 atom stereocenters. The topological polar surface area (TPSA) is 52.0 Å². The second-order valence-electron chi connectivity index (χ2n) is 4.83. The normalized spacial score (nSPS) is 18.3. The van der Waals surface area contributed by atoms with Gasteiger partial charge in [-0.25, -0.2) is 0 Å². The maximum absolute atomic E-state index is 5.62. The van der Waals surface area contributed by atoms with Gasteiger partial charge in [0.15, 0.2) is 0 Å². The molecule has 0 saturated heterocycles. The van der Waals surface area contributed by atoms with Crippen molar-refractivity contribution in [2.24, 2.45) is 7.05 Å². The molecule has 0 spiro atoms. The van der Waals surface area contributed by atoms with E-state index in [1.807, 2.05) is 11.6 Å². The van der Waals surface area contributed by atoms with Gasteiger partial charge in [0, 0.05) is 20.0 Å². The summed E-state index contributed by atoms with van der Waals surface area (Å²) in [4.78, 5) is 0. The average Bonchev–Trinajstić information content (AvgIpc) is 2.85. The summed E-state index contributed by atoms with van der Waals surface area (Å²) in [6.45, 7) is 2.32. The third kappa shape index (κ3) is 2.67. The molecular formula is C14H18N4O. The van der Waals surface area contributed by atoms with Crippen LogP contribution in [0.1, 0.15) is 23.0 Å². The van der Waals surface area contributed by atoms with Gasteiger partial charge in [-0.05, 0) is 11.1 Å². The first-order chi connectivity index (χ1) is 9.34. The van der Waals surface area contributed by atoms with E-state index in [1.165, 1.54) is 11.1 Å².